The smallest absolute Gasteiger partial charge is 0.259 e. The number of nitrogens with one attached hydrogen (secondary N) is 1. The molecule has 0 atom stereocenters. The number of carbonyl (C=O) groups is 1. The van der Waals surface area contributed by atoms with Gasteiger partial charge in [-0.3, -0.25) is 9.48 Å². The Morgan fingerprint density at radius 3 is 2.55 bits per heavy atom. The standard InChI is InChI=1S/C25H22FN3O2/c1-17-12-13-19(14-22(17)26)27-25(30)21-16-29(15-18-8-4-3-5-9-18)28-24(21)20-10-6-7-11-23(20)31-2/h3-14,16H,15H2,1-2H3,(H,27,30). The Morgan fingerprint density at radius 1 is 1.06 bits per heavy atom. The predicted molar refractivity (Wildman–Crippen MR) is 119 cm³/mol. The number of nitrogens with zero attached hydrogens (tertiary/aromatic N) is 2. The normalized spacial score (nSPS) is 10.7. The van der Waals surface area contributed by atoms with Gasteiger partial charge in [-0.1, -0.05) is 48.5 Å². The number of hydrogen-bond acceptors (Lipinski definition) is 3. The number of carbonyl (C=O) groups excluding carboxylic acids is 1. The number of aryl methyl sites for hydroxylation is 1. The van der Waals surface area contributed by atoms with E-state index in [1.807, 2.05) is 54.6 Å². The molecule has 4 rings (SSSR count). The molecule has 0 unspecified atom stereocenters. The van der Waals surface area contributed by atoms with Crippen molar-refractivity contribution in [2.45, 2.75) is 13.5 Å². The number of para-hydroxylation sites is 1. The van der Waals surface area contributed by atoms with Crippen molar-refractivity contribution >= 4 is 11.6 Å². The SMILES string of the molecule is COc1ccccc1-c1nn(Cc2ccccc2)cc1C(=O)Nc1ccc(C)c(F)c1. The van der Waals surface area contributed by atoms with Gasteiger partial charge in [-0.05, 0) is 42.3 Å². The van der Waals surface area contributed by atoms with Gasteiger partial charge in [0, 0.05) is 17.4 Å². The highest BCUT2D eigenvalue weighted by molar-refractivity contribution is 6.08. The minimum absolute atomic E-state index is 0.372. The molecule has 0 fully saturated rings. The molecule has 156 valence electrons. The van der Waals surface area contributed by atoms with E-state index >= 15 is 0 Å². The number of benzene rings is 3. The molecule has 0 aliphatic rings. The van der Waals surface area contributed by atoms with Crippen LogP contribution in [0.15, 0.2) is 79.0 Å². The summed E-state index contributed by atoms with van der Waals surface area (Å²) in [5, 5.41) is 7.46. The summed E-state index contributed by atoms with van der Waals surface area (Å²) in [6.07, 6.45) is 1.70. The van der Waals surface area contributed by atoms with Crippen LogP contribution in [0.25, 0.3) is 11.3 Å². The van der Waals surface area contributed by atoms with Gasteiger partial charge in [-0.2, -0.15) is 5.10 Å². The average molecular weight is 415 g/mol. The average Bonchev–Trinajstić information content (AvgIpc) is 3.20. The molecule has 0 radical (unpaired) electrons. The number of amides is 1. The van der Waals surface area contributed by atoms with Gasteiger partial charge < -0.3 is 10.1 Å². The Balaban J connectivity index is 1.73. The Bertz CT molecular complexity index is 1220. The summed E-state index contributed by atoms with van der Waals surface area (Å²) in [5.74, 6) is -0.131. The summed E-state index contributed by atoms with van der Waals surface area (Å²) in [6, 6.07) is 21.9. The minimum Gasteiger partial charge on any atom is -0.496 e. The second-order valence-electron chi connectivity index (χ2n) is 7.19. The molecule has 0 aliphatic carbocycles. The first-order valence-electron chi connectivity index (χ1n) is 9.87. The van der Waals surface area contributed by atoms with Gasteiger partial charge in [0.2, 0.25) is 0 Å². The summed E-state index contributed by atoms with van der Waals surface area (Å²) < 4.78 is 21.1. The lowest BCUT2D eigenvalue weighted by molar-refractivity contribution is 0.102. The van der Waals surface area contributed by atoms with E-state index in [0.717, 1.165) is 5.56 Å². The van der Waals surface area contributed by atoms with Crippen LogP contribution in [0.1, 0.15) is 21.5 Å². The number of rotatable bonds is 6. The van der Waals surface area contributed by atoms with Crippen LogP contribution in [-0.2, 0) is 6.54 Å². The van der Waals surface area contributed by atoms with Crippen LogP contribution >= 0.6 is 0 Å². The molecule has 3 aromatic carbocycles. The van der Waals surface area contributed by atoms with Crippen molar-refractivity contribution in [2.75, 3.05) is 12.4 Å². The molecule has 1 heterocycles. The maximum absolute atomic E-state index is 13.9. The molecule has 0 saturated carbocycles. The number of aromatic nitrogens is 2. The summed E-state index contributed by atoms with van der Waals surface area (Å²) in [6.45, 7) is 2.18. The number of ether oxygens (including phenoxy) is 1. The largest absolute Gasteiger partial charge is 0.496 e. The van der Waals surface area contributed by atoms with E-state index < -0.39 is 0 Å². The summed E-state index contributed by atoms with van der Waals surface area (Å²) in [5.41, 5.74) is 3.54. The maximum Gasteiger partial charge on any atom is 0.259 e. The van der Waals surface area contributed by atoms with Gasteiger partial charge >= 0.3 is 0 Å². The van der Waals surface area contributed by atoms with E-state index in [4.69, 9.17) is 4.74 Å². The Morgan fingerprint density at radius 2 is 1.81 bits per heavy atom. The molecule has 0 saturated heterocycles. The lowest BCUT2D eigenvalue weighted by atomic mass is 10.1. The number of methoxy groups -OCH3 is 1. The summed E-state index contributed by atoms with van der Waals surface area (Å²) in [7, 11) is 1.58. The maximum atomic E-state index is 13.9. The Hall–Kier alpha value is -3.93. The summed E-state index contributed by atoms with van der Waals surface area (Å²) >= 11 is 0. The first-order chi connectivity index (χ1) is 15.0. The Kier molecular flexibility index (Phi) is 5.80. The van der Waals surface area contributed by atoms with Crippen LogP contribution in [-0.4, -0.2) is 22.8 Å². The highest BCUT2D eigenvalue weighted by atomic mass is 19.1. The molecule has 0 aliphatic heterocycles. The van der Waals surface area contributed by atoms with E-state index in [2.05, 4.69) is 10.4 Å². The van der Waals surface area contributed by atoms with Gasteiger partial charge in [-0.15, -0.1) is 0 Å². The third kappa shape index (κ3) is 4.48. The second-order valence-corrected chi connectivity index (χ2v) is 7.19. The topological polar surface area (TPSA) is 56.2 Å². The van der Waals surface area contributed by atoms with E-state index in [9.17, 15) is 9.18 Å². The van der Waals surface area contributed by atoms with Gasteiger partial charge in [0.15, 0.2) is 0 Å². The molecule has 4 aromatic rings. The van der Waals surface area contributed by atoms with Crippen molar-refractivity contribution in [3.63, 3.8) is 0 Å². The number of hydrogen-bond donors (Lipinski definition) is 1. The minimum atomic E-state index is -0.373. The highest BCUT2D eigenvalue weighted by Crippen LogP contribution is 2.31. The van der Waals surface area contributed by atoms with Crippen molar-refractivity contribution in [3.05, 3.63) is 102 Å². The lowest BCUT2D eigenvalue weighted by Crippen LogP contribution is -2.12. The third-order valence-electron chi connectivity index (χ3n) is 4.99. The van der Waals surface area contributed by atoms with Gasteiger partial charge in [0.25, 0.3) is 5.91 Å². The molecule has 0 bridgehead atoms. The number of anilines is 1. The van der Waals surface area contributed by atoms with Crippen LogP contribution < -0.4 is 10.1 Å². The first-order valence-corrected chi connectivity index (χ1v) is 9.87. The predicted octanol–water partition coefficient (Wildman–Crippen LogP) is 5.31. The van der Waals surface area contributed by atoms with E-state index in [0.29, 0.717) is 40.4 Å². The van der Waals surface area contributed by atoms with Crippen LogP contribution in [0.2, 0.25) is 0 Å². The zero-order valence-corrected chi connectivity index (χ0v) is 17.3. The van der Waals surface area contributed by atoms with Crippen LogP contribution in [0.5, 0.6) is 5.75 Å². The zero-order valence-electron chi connectivity index (χ0n) is 17.3. The van der Waals surface area contributed by atoms with Crippen LogP contribution in [0.3, 0.4) is 0 Å². The van der Waals surface area contributed by atoms with Crippen molar-refractivity contribution in [2.24, 2.45) is 0 Å². The van der Waals surface area contributed by atoms with Crippen LogP contribution in [0, 0.1) is 12.7 Å². The van der Waals surface area contributed by atoms with Gasteiger partial charge in [0.1, 0.15) is 17.3 Å². The molecule has 0 spiro atoms. The van der Waals surface area contributed by atoms with Crippen LogP contribution in [0.4, 0.5) is 10.1 Å². The fourth-order valence-electron chi connectivity index (χ4n) is 3.35. The van der Waals surface area contributed by atoms with Crippen molar-refractivity contribution in [3.8, 4) is 17.0 Å². The monoisotopic (exact) mass is 415 g/mol. The van der Waals surface area contributed by atoms with E-state index in [1.165, 1.54) is 6.07 Å². The molecule has 6 heteroatoms. The van der Waals surface area contributed by atoms with Crippen molar-refractivity contribution < 1.29 is 13.9 Å². The first kappa shape index (κ1) is 20.3. The molecule has 1 N–H and O–H groups in total. The van der Waals surface area contributed by atoms with E-state index in [1.54, 1.807) is 37.0 Å². The molecule has 1 aromatic heterocycles. The lowest BCUT2D eigenvalue weighted by Gasteiger charge is -2.09. The zero-order chi connectivity index (χ0) is 21.8. The van der Waals surface area contributed by atoms with Gasteiger partial charge in [0.05, 0.1) is 19.2 Å². The molecule has 5 nitrogen and oxygen atoms in total. The fourth-order valence-corrected chi connectivity index (χ4v) is 3.35. The molecule has 31 heavy (non-hydrogen) atoms. The highest BCUT2D eigenvalue weighted by Gasteiger charge is 2.21. The van der Waals surface area contributed by atoms with Gasteiger partial charge in [-0.25, -0.2) is 4.39 Å². The summed E-state index contributed by atoms with van der Waals surface area (Å²) in [4.78, 5) is 13.1. The fraction of sp³-hybridized carbons (Fsp3) is 0.120. The van der Waals surface area contributed by atoms with Crippen molar-refractivity contribution in [1.82, 2.24) is 9.78 Å². The third-order valence-corrected chi connectivity index (χ3v) is 4.99. The second kappa shape index (κ2) is 8.83. The molecular formula is C25H22FN3O2. The van der Waals surface area contributed by atoms with Crippen molar-refractivity contribution in [1.29, 1.82) is 0 Å². The Labute approximate surface area is 180 Å². The van der Waals surface area contributed by atoms with E-state index in [-0.39, 0.29) is 11.7 Å². The number of halogens is 1. The molecular weight excluding hydrogens is 393 g/mol. The quantitative estimate of drug-likeness (QED) is 0.465. The molecule has 1 amide bonds.